The van der Waals surface area contributed by atoms with Gasteiger partial charge in [0, 0.05) is 17.8 Å². The van der Waals surface area contributed by atoms with E-state index in [9.17, 15) is 23.6 Å². The van der Waals surface area contributed by atoms with E-state index in [-0.39, 0.29) is 23.8 Å². The highest BCUT2D eigenvalue weighted by molar-refractivity contribution is 6.04. The molecular weight excluding hydrogens is 469 g/mol. The standard InChI is InChI=1S/C25H24FN5O5/c1-2-3-12-36-24(35)14-4-8-16(9-5-14)27-22(33)18-13-19(32)29-21-20(18)23(34)31-25(30-21)28-17-10-6-15(26)7-11-17/h4-11,18H,2-3,12-13H2,1H3,(H,27,33)(H3,28,29,30,31,32,34)/t18-/m1/s1. The largest absolute Gasteiger partial charge is 0.462 e. The highest BCUT2D eigenvalue weighted by Crippen LogP contribution is 2.30. The molecule has 186 valence electrons. The second-order valence-electron chi connectivity index (χ2n) is 8.17. The molecule has 2 amide bonds. The summed E-state index contributed by atoms with van der Waals surface area (Å²) in [6.07, 6.45) is 1.44. The summed E-state index contributed by atoms with van der Waals surface area (Å²) >= 11 is 0. The van der Waals surface area contributed by atoms with E-state index < -0.39 is 35.1 Å². The summed E-state index contributed by atoms with van der Waals surface area (Å²) in [5.41, 5.74) is 0.612. The molecule has 0 unspecified atom stereocenters. The molecule has 0 bridgehead atoms. The van der Waals surface area contributed by atoms with Crippen molar-refractivity contribution in [2.45, 2.75) is 32.1 Å². The first kappa shape index (κ1) is 24.6. The molecule has 4 N–H and O–H groups in total. The number of esters is 1. The van der Waals surface area contributed by atoms with Crippen LogP contribution in [0, 0.1) is 5.82 Å². The fraction of sp³-hybridized carbons (Fsp3) is 0.240. The molecule has 0 spiro atoms. The first-order valence-electron chi connectivity index (χ1n) is 11.4. The Morgan fingerprint density at radius 3 is 2.47 bits per heavy atom. The molecule has 0 radical (unpaired) electrons. The number of aromatic nitrogens is 2. The Kier molecular flexibility index (Phi) is 7.38. The Labute approximate surface area is 205 Å². The van der Waals surface area contributed by atoms with Gasteiger partial charge in [-0.3, -0.25) is 19.4 Å². The summed E-state index contributed by atoms with van der Waals surface area (Å²) in [5.74, 6) is -3.02. The first-order valence-corrected chi connectivity index (χ1v) is 11.4. The van der Waals surface area contributed by atoms with E-state index >= 15 is 0 Å². The van der Waals surface area contributed by atoms with Crippen LogP contribution in [0.5, 0.6) is 0 Å². The van der Waals surface area contributed by atoms with Crippen LogP contribution in [-0.4, -0.2) is 34.4 Å². The molecule has 1 atom stereocenters. The Hall–Kier alpha value is -4.54. The lowest BCUT2D eigenvalue weighted by Gasteiger charge is -2.23. The van der Waals surface area contributed by atoms with Crippen molar-refractivity contribution in [1.29, 1.82) is 0 Å². The highest BCUT2D eigenvalue weighted by Gasteiger charge is 2.34. The number of benzene rings is 2. The van der Waals surface area contributed by atoms with Crippen molar-refractivity contribution in [3.05, 3.63) is 75.8 Å². The van der Waals surface area contributed by atoms with Crippen LogP contribution < -0.4 is 21.5 Å². The van der Waals surface area contributed by atoms with Gasteiger partial charge in [0.2, 0.25) is 17.8 Å². The van der Waals surface area contributed by atoms with Crippen molar-refractivity contribution in [3.63, 3.8) is 0 Å². The summed E-state index contributed by atoms with van der Waals surface area (Å²) in [6.45, 7) is 2.33. The molecule has 0 saturated heterocycles. The molecular formula is C25H24FN5O5. The lowest BCUT2D eigenvalue weighted by Crippen LogP contribution is -2.36. The van der Waals surface area contributed by atoms with Crippen LogP contribution in [-0.2, 0) is 14.3 Å². The number of carbonyl (C=O) groups is 3. The van der Waals surface area contributed by atoms with Gasteiger partial charge in [-0.15, -0.1) is 0 Å². The maximum Gasteiger partial charge on any atom is 0.338 e. The highest BCUT2D eigenvalue weighted by atomic mass is 19.1. The fourth-order valence-corrected chi connectivity index (χ4v) is 3.64. The molecule has 1 aliphatic rings. The number of ether oxygens (including phenoxy) is 1. The number of amides is 2. The third-order valence-corrected chi connectivity index (χ3v) is 5.49. The van der Waals surface area contributed by atoms with Crippen LogP contribution in [0.4, 0.5) is 27.5 Å². The predicted octanol–water partition coefficient (Wildman–Crippen LogP) is 3.67. The predicted molar refractivity (Wildman–Crippen MR) is 131 cm³/mol. The van der Waals surface area contributed by atoms with Gasteiger partial charge in [-0.25, -0.2) is 9.18 Å². The summed E-state index contributed by atoms with van der Waals surface area (Å²) in [7, 11) is 0. The minimum Gasteiger partial charge on any atom is -0.462 e. The Morgan fingerprint density at radius 1 is 1.08 bits per heavy atom. The topological polar surface area (TPSA) is 142 Å². The average Bonchev–Trinajstić information content (AvgIpc) is 2.85. The lowest BCUT2D eigenvalue weighted by molar-refractivity contribution is -0.123. The van der Waals surface area contributed by atoms with E-state index in [1.807, 2.05) is 6.92 Å². The number of nitrogens with one attached hydrogen (secondary N) is 4. The molecule has 10 nitrogen and oxygen atoms in total. The zero-order valence-corrected chi connectivity index (χ0v) is 19.4. The number of halogens is 1. The number of nitrogens with zero attached hydrogens (tertiary/aromatic N) is 1. The number of fused-ring (bicyclic) bond motifs is 1. The van der Waals surface area contributed by atoms with E-state index in [0.29, 0.717) is 23.5 Å². The number of aromatic amines is 1. The van der Waals surface area contributed by atoms with Crippen LogP contribution in [0.15, 0.2) is 53.3 Å². The second kappa shape index (κ2) is 10.8. The fourth-order valence-electron chi connectivity index (χ4n) is 3.64. The molecule has 1 aromatic heterocycles. The average molecular weight is 493 g/mol. The van der Waals surface area contributed by atoms with Crippen LogP contribution in [0.1, 0.15) is 48.0 Å². The van der Waals surface area contributed by atoms with Crippen molar-refractivity contribution in [1.82, 2.24) is 9.97 Å². The van der Waals surface area contributed by atoms with Crippen molar-refractivity contribution < 1.29 is 23.5 Å². The van der Waals surface area contributed by atoms with Crippen molar-refractivity contribution in [3.8, 4) is 0 Å². The number of H-pyrrole nitrogens is 1. The number of hydrogen-bond acceptors (Lipinski definition) is 7. The molecule has 11 heteroatoms. The van der Waals surface area contributed by atoms with Gasteiger partial charge in [0.25, 0.3) is 5.56 Å². The van der Waals surface area contributed by atoms with Gasteiger partial charge in [0.15, 0.2) is 0 Å². The van der Waals surface area contributed by atoms with Crippen LogP contribution >= 0.6 is 0 Å². The van der Waals surface area contributed by atoms with Crippen LogP contribution in [0.3, 0.4) is 0 Å². The molecule has 0 saturated carbocycles. The quantitative estimate of drug-likeness (QED) is 0.277. The van der Waals surface area contributed by atoms with E-state index in [4.69, 9.17) is 4.74 Å². The van der Waals surface area contributed by atoms with Gasteiger partial charge in [0.1, 0.15) is 11.6 Å². The summed E-state index contributed by atoms with van der Waals surface area (Å²) in [6, 6.07) is 11.5. The van der Waals surface area contributed by atoms with Crippen molar-refractivity contribution >= 4 is 40.9 Å². The zero-order chi connectivity index (χ0) is 25.7. The lowest BCUT2D eigenvalue weighted by atomic mass is 9.92. The second-order valence-corrected chi connectivity index (χ2v) is 8.17. The minimum atomic E-state index is -1.08. The van der Waals surface area contributed by atoms with Crippen LogP contribution in [0.2, 0.25) is 0 Å². The number of hydrogen-bond donors (Lipinski definition) is 4. The Bertz CT molecular complexity index is 1340. The molecule has 2 aromatic carbocycles. The van der Waals surface area contributed by atoms with Crippen LogP contribution in [0.25, 0.3) is 0 Å². The number of anilines is 4. The Balaban J connectivity index is 1.50. The minimum absolute atomic E-state index is 0.0212. The summed E-state index contributed by atoms with van der Waals surface area (Å²) in [5, 5.41) is 8.03. The van der Waals surface area contributed by atoms with E-state index in [2.05, 4.69) is 25.9 Å². The number of carbonyl (C=O) groups excluding carboxylic acids is 3. The Morgan fingerprint density at radius 2 is 1.78 bits per heavy atom. The normalized spacial score (nSPS) is 14.4. The van der Waals surface area contributed by atoms with Crippen molar-refractivity contribution in [2.24, 2.45) is 0 Å². The van der Waals surface area contributed by atoms with Gasteiger partial charge in [-0.1, -0.05) is 13.3 Å². The first-order chi connectivity index (χ1) is 17.3. The number of unbranched alkanes of at least 4 members (excludes halogenated alkanes) is 1. The smallest absolute Gasteiger partial charge is 0.338 e. The molecule has 4 rings (SSSR count). The molecule has 36 heavy (non-hydrogen) atoms. The van der Waals surface area contributed by atoms with E-state index in [1.54, 1.807) is 0 Å². The monoisotopic (exact) mass is 493 g/mol. The summed E-state index contributed by atoms with van der Waals surface area (Å²) in [4.78, 5) is 57.0. The molecule has 2 heterocycles. The number of rotatable bonds is 8. The molecule has 0 fully saturated rings. The van der Waals surface area contributed by atoms with Crippen molar-refractivity contribution in [2.75, 3.05) is 22.6 Å². The van der Waals surface area contributed by atoms with Gasteiger partial charge in [-0.2, -0.15) is 4.98 Å². The third kappa shape index (κ3) is 5.74. The SMILES string of the molecule is CCCCOC(=O)c1ccc(NC(=O)[C@@H]2CC(=O)Nc3nc(Nc4ccc(F)cc4)[nH]c(=O)c32)cc1. The van der Waals surface area contributed by atoms with E-state index in [0.717, 1.165) is 12.8 Å². The summed E-state index contributed by atoms with van der Waals surface area (Å²) < 4.78 is 18.3. The maximum atomic E-state index is 13.1. The van der Waals surface area contributed by atoms with Gasteiger partial charge >= 0.3 is 5.97 Å². The van der Waals surface area contributed by atoms with Gasteiger partial charge in [-0.05, 0) is 55.0 Å². The van der Waals surface area contributed by atoms with Gasteiger partial charge < -0.3 is 20.7 Å². The third-order valence-electron chi connectivity index (χ3n) is 5.49. The van der Waals surface area contributed by atoms with E-state index in [1.165, 1.54) is 48.5 Å². The zero-order valence-electron chi connectivity index (χ0n) is 19.4. The maximum absolute atomic E-state index is 13.1. The molecule has 0 aliphatic carbocycles. The molecule has 1 aliphatic heterocycles. The van der Waals surface area contributed by atoms with Gasteiger partial charge in [0.05, 0.1) is 23.7 Å². The molecule has 3 aromatic rings.